The smallest absolute Gasteiger partial charge is 0.176 e. The van der Waals surface area contributed by atoms with Gasteiger partial charge in [0.2, 0.25) is 0 Å². The van der Waals surface area contributed by atoms with Crippen molar-refractivity contribution in [2.24, 2.45) is 0 Å². The molecular weight excluding hydrogens is 147 g/mol. The van der Waals surface area contributed by atoms with Crippen LogP contribution in [-0.4, -0.2) is 6.54 Å². The standard InChI is InChI=1S/C7H9FN2O/c8-7(5-10-11)3-6-1-2-9-4-6/h1-3,5,9H,4,10H2/b6-3-,7-5+. The van der Waals surface area contributed by atoms with E-state index in [4.69, 9.17) is 0 Å². The topological polar surface area (TPSA) is 51.7 Å². The number of hydrogen-bond donors (Lipinski definition) is 2. The summed E-state index contributed by atoms with van der Waals surface area (Å²) in [6.45, 7) is 0.625. The highest BCUT2D eigenvalue weighted by atomic mass is 19.1. The van der Waals surface area contributed by atoms with E-state index >= 15 is 0 Å². The molecule has 1 aliphatic heterocycles. The van der Waals surface area contributed by atoms with Crippen LogP contribution in [-0.2, 0) is 0 Å². The van der Waals surface area contributed by atoms with Gasteiger partial charge in [0.1, 0.15) is 6.20 Å². The molecule has 3 N–H and O–H groups in total. The Morgan fingerprint density at radius 1 is 1.82 bits per heavy atom. The van der Waals surface area contributed by atoms with Gasteiger partial charge in [-0.2, -0.15) is 0 Å². The molecule has 0 aliphatic carbocycles. The second-order valence-corrected chi connectivity index (χ2v) is 2.12. The zero-order valence-electron chi connectivity index (χ0n) is 5.88. The second kappa shape index (κ2) is 3.90. The number of nitrogens with two attached hydrogens (primary N) is 1. The van der Waals surface area contributed by atoms with Crippen molar-refractivity contribution in [3.8, 4) is 0 Å². The summed E-state index contributed by atoms with van der Waals surface area (Å²) in [6.07, 6.45) is 5.71. The highest BCUT2D eigenvalue weighted by Crippen LogP contribution is 2.06. The third kappa shape index (κ3) is 2.53. The fourth-order valence-electron chi connectivity index (χ4n) is 0.791. The number of rotatable bonds is 2. The van der Waals surface area contributed by atoms with Crippen molar-refractivity contribution >= 4 is 0 Å². The van der Waals surface area contributed by atoms with Crippen LogP contribution in [0.2, 0.25) is 0 Å². The van der Waals surface area contributed by atoms with Crippen LogP contribution in [0.1, 0.15) is 0 Å². The Kier molecular flexibility index (Phi) is 2.83. The minimum atomic E-state index is -0.511. The van der Waals surface area contributed by atoms with E-state index in [1.54, 1.807) is 12.3 Å². The Morgan fingerprint density at radius 2 is 2.64 bits per heavy atom. The molecule has 0 atom stereocenters. The lowest BCUT2D eigenvalue weighted by Crippen LogP contribution is -2.70. The van der Waals surface area contributed by atoms with Gasteiger partial charge in [-0.3, -0.25) is 0 Å². The molecule has 0 spiro atoms. The highest BCUT2D eigenvalue weighted by molar-refractivity contribution is 5.30. The van der Waals surface area contributed by atoms with Crippen molar-refractivity contribution in [2.45, 2.75) is 0 Å². The van der Waals surface area contributed by atoms with Crippen LogP contribution in [0, 0.1) is 5.21 Å². The number of allylic oxidation sites excluding steroid dienone is 2. The van der Waals surface area contributed by atoms with Crippen molar-refractivity contribution in [1.29, 1.82) is 0 Å². The number of halogens is 1. The van der Waals surface area contributed by atoms with E-state index < -0.39 is 5.83 Å². The predicted molar refractivity (Wildman–Crippen MR) is 39.7 cm³/mol. The van der Waals surface area contributed by atoms with E-state index in [0.717, 1.165) is 11.8 Å². The fourth-order valence-corrected chi connectivity index (χ4v) is 0.791. The number of quaternary nitrogens is 1. The summed E-state index contributed by atoms with van der Waals surface area (Å²) >= 11 is 0. The lowest BCUT2D eigenvalue weighted by atomic mass is 10.2. The lowest BCUT2D eigenvalue weighted by molar-refractivity contribution is -0.516. The molecule has 0 aromatic heterocycles. The molecule has 11 heavy (non-hydrogen) atoms. The van der Waals surface area contributed by atoms with Gasteiger partial charge in [0.05, 0.1) is 0 Å². The van der Waals surface area contributed by atoms with Crippen LogP contribution >= 0.6 is 0 Å². The van der Waals surface area contributed by atoms with E-state index in [2.05, 4.69) is 5.32 Å². The molecule has 1 aliphatic rings. The van der Waals surface area contributed by atoms with Crippen LogP contribution in [0.4, 0.5) is 4.39 Å². The molecule has 0 saturated heterocycles. The summed E-state index contributed by atoms with van der Waals surface area (Å²) < 4.78 is 12.5. The Balaban J connectivity index is 2.57. The molecule has 0 aromatic carbocycles. The van der Waals surface area contributed by atoms with Crippen LogP contribution in [0.25, 0.3) is 0 Å². The summed E-state index contributed by atoms with van der Waals surface area (Å²) in [5.74, 6) is -0.511. The molecule has 60 valence electrons. The van der Waals surface area contributed by atoms with Crippen molar-refractivity contribution in [3.05, 3.63) is 41.2 Å². The van der Waals surface area contributed by atoms with Gasteiger partial charge in [-0.05, 0) is 23.9 Å². The third-order valence-corrected chi connectivity index (χ3v) is 1.27. The Bertz CT molecular complexity index is 220. The molecule has 0 aromatic rings. The first-order chi connectivity index (χ1) is 5.33. The third-order valence-electron chi connectivity index (χ3n) is 1.27. The van der Waals surface area contributed by atoms with Crippen LogP contribution < -0.4 is 10.8 Å². The summed E-state index contributed by atoms with van der Waals surface area (Å²) in [5.41, 5.74) is 1.26. The van der Waals surface area contributed by atoms with E-state index in [0.29, 0.717) is 12.0 Å². The van der Waals surface area contributed by atoms with Crippen LogP contribution in [0.3, 0.4) is 0 Å². The molecule has 0 amide bonds. The number of hydrogen-bond acceptors (Lipinski definition) is 2. The van der Waals surface area contributed by atoms with Crippen molar-refractivity contribution in [2.75, 3.05) is 6.54 Å². The molecule has 4 heteroatoms. The van der Waals surface area contributed by atoms with Gasteiger partial charge in [0.15, 0.2) is 5.83 Å². The van der Waals surface area contributed by atoms with E-state index in [-0.39, 0.29) is 0 Å². The molecule has 1 rings (SSSR count). The predicted octanol–water partition coefficient (Wildman–Crippen LogP) is -0.0982. The monoisotopic (exact) mass is 156 g/mol. The average molecular weight is 156 g/mol. The van der Waals surface area contributed by atoms with Gasteiger partial charge in [-0.1, -0.05) is 0 Å². The van der Waals surface area contributed by atoms with Crippen LogP contribution in [0.15, 0.2) is 36.0 Å². The molecular formula is C7H9FN2O. The molecule has 0 saturated carbocycles. The van der Waals surface area contributed by atoms with Gasteiger partial charge < -0.3 is 16.0 Å². The second-order valence-electron chi connectivity index (χ2n) is 2.12. The van der Waals surface area contributed by atoms with Gasteiger partial charge in [0.25, 0.3) is 0 Å². The first-order valence-corrected chi connectivity index (χ1v) is 3.24. The average Bonchev–Trinajstić information content (AvgIpc) is 2.40. The highest BCUT2D eigenvalue weighted by Gasteiger charge is 1.98. The molecule has 1 heterocycles. The van der Waals surface area contributed by atoms with Crippen LogP contribution in [0.5, 0.6) is 0 Å². The largest absolute Gasteiger partial charge is 0.631 e. The maximum atomic E-state index is 12.5. The SMILES string of the molecule is [O-][NH2+]/C=C(F)\C=C1\C=CNC1. The maximum Gasteiger partial charge on any atom is 0.176 e. The maximum absolute atomic E-state index is 12.5. The number of nitrogens with one attached hydrogen (secondary N) is 1. The molecule has 0 fully saturated rings. The zero-order valence-corrected chi connectivity index (χ0v) is 5.88. The van der Waals surface area contributed by atoms with Gasteiger partial charge in [0, 0.05) is 6.54 Å². The molecule has 0 unspecified atom stereocenters. The van der Waals surface area contributed by atoms with Crippen molar-refractivity contribution < 1.29 is 9.87 Å². The minimum Gasteiger partial charge on any atom is -0.631 e. The van der Waals surface area contributed by atoms with Gasteiger partial charge >= 0.3 is 0 Å². The van der Waals surface area contributed by atoms with E-state index in [9.17, 15) is 9.60 Å². The van der Waals surface area contributed by atoms with Crippen molar-refractivity contribution in [1.82, 2.24) is 5.32 Å². The lowest BCUT2D eigenvalue weighted by Gasteiger charge is -1.93. The van der Waals surface area contributed by atoms with Gasteiger partial charge in [-0.15, -0.1) is 0 Å². The molecule has 0 bridgehead atoms. The Morgan fingerprint density at radius 3 is 3.18 bits per heavy atom. The molecule has 0 radical (unpaired) electrons. The molecule has 3 nitrogen and oxygen atoms in total. The fraction of sp³-hybridized carbons (Fsp3) is 0.143. The first kappa shape index (κ1) is 7.97. The summed E-state index contributed by atoms with van der Waals surface area (Å²) in [7, 11) is 0. The zero-order chi connectivity index (χ0) is 8.10. The summed E-state index contributed by atoms with van der Waals surface area (Å²) in [5, 5.41) is 12.7. The normalized spacial score (nSPS) is 20.9. The Labute approximate surface area is 63.9 Å². The minimum absolute atomic E-state index is 0.429. The first-order valence-electron chi connectivity index (χ1n) is 3.24. The number of hydroxylamine groups is 1. The Hall–Kier alpha value is -1.13. The summed E-state index contributed by atoms with van der Waals surface area (Å²) in [6, 6.07) is 0. The van der Waals surface area contributed by atoms with Crippen molar-refractivity contribution in [3.63, 3.8) is 0 Å². The van der Waals surface area contributed by atoms with E-state index in [1.807, 2.05) is 0 Å². The van der Waals surface area contributed by atoms with Gasteiger partial charge in [-0.25, -0.2) is 4.39 Å². The van der Waals surface area contributed by atoms with E-state index in [1.165, 1.54) is 6.08 Å². The quantitative estimate of drug-likeness (QED) is 0.548. The summed E-state index contributed by atoms with van der Waals surface area (Å²) in [4.78, 5) is 0.